The summed E-state index contributed by atoms with van der Waals surface area (Å²) in [6.07, 6.45) is 1.74. The fourth-order valence-electron chi connectivity index (χ4n) is 2.52. The Hall–Kier alpha value is -3.26. The summed E-state index contributed by atoms with van der Waals surface area (Å²) in [5.74, 6) is 1.27. The molecule has 0 saturated carbocycles. The topological polar surface area (TPSA) is 89.4 Å². The number of methoxy groups -OCH3 is 2. The first-order valence-corrected chi connectivity index (χ1v) is 7.59. The second kappa shape index (κ2) is 7.10. The van der Waals surface area contributed by atoms with Crippen LogP contribution in [-0.2, 0) is 0 Å². The van der Waals surface area contributed by atoms with E-state index in [-0.39, 0.29) is 6.03 Å². The van der Waals surface area contributed by atoms with E-state index < -0.39 is 0 Å². The van der Waals surface area contributed by atoms with Crippen LogP contribution in [0.4, 0.5) is 10.5 Å². The number of urea groups is 1. The van der Waals surface area contributed by atoms with Crippen molar-refractivity contribution in [3.63, 3.8) is 0 Å². The molecule has 2 amide bonds. The fraction of sp³-hybridized carbons (Fsp3) is 0.176. The van der Waals surface area contributed by atoms with Gasteiger partial charge in [-0.05, 0) is 24.3 Å². The fourth-order valence-corrected chi connectivity index (χ4v) is 2.52. The van der Waals surface area contributed by atoms with Crippen LogP contribution >= 0.6 is 0 Å². The maximum atomic E-state index is 11.5. The minimum absolute atomic E-state index is 0.333. The van der Waals surface area contributed by atoms with Crippen LogP contribution in [0, 0.1) is 0 Å². The van der Waals surface area contributed by atoms with E-state index in [2.05, 4.69) is 21.2 Å². The Labute approximate surface area is 144 Å². The van der Waals surface area contributed by atoms with Gasteiger partial charge in [-0.3, -0.25) is 9.99 Å². The maximum absolute atomic E-state index is 11.5. The van der Waals surface area contributed by atoms with Gasteiger partial charge >= 0.3 is 6.03 Å². The lowest BCUT2D eigenvalue weighted by atomic mass is 10.2. The number of aromatic nitrogens is 2. The third kappa shape index (κ3) is 3.33. The number of ether oxygens (including phenoxy) is 2. The second-order valence-electron chi connectivity index (χ2n) is 5.19. The summed E-state index contributed by atoms with van der Waals surface area (Å²) in [5.41, 5.74) is 8.29. The molecule has 2 aromatic carbocycles. The van der Waals surface area contributed by atoms with Crippen molar-refractivity contribution >= 4 is 22.8 Å². The van der Waals surface area contributed by atoms with Crippen molar-refractivity contribution in [2.24, 2.45) is 0 Å². The van der Waals surface area contributed by atoms with E-state index in [9.17, 15) is 4.79 Å². The summed E-state index contributed by atoms with van der Waals surface area (Å²) in [5, 5.41) is 2.71. The van der Waals surface area contributed by atoms with Crippen LogP contribution in [0.1, 0.15) is 0 Å². The van der Waals surface area contributed by atoms with Gasteiger partial charge in [0.15, 0.2) is 11.5 Å². The Morgan fingerprint density at radius 2 is 1.76 bits per heavy atom. The highest BCUT2D eigenvalue weighted by molar-refractivity contribution is 5.89. The van der Waals surface area contributed by atoms with Gasteiger partial charge in [0.25, 0.3) is 0 Å². The monoisotopic (exact) mass is 341 g/mol. The molecule has 0 aliphatic carbocycles. The van der Waals surface area contributed by atoms with Crippen molar-refractivity contribution in [3.8, 4) is 17.2 Å². The number of amides is 2. The average Bonchev–Trinajstić information content (AvgIpc) is 3.04. The normalized spacial score (nSPS) is 10.5. The molecule has 3 rings (SSSR count). The molecular formula is C17H19N5O3. The van der Waals surface area contributed by atoms with E-state index in [1.165, 1.54) is 0 Å². The first-order chi connectivity index (χ1) is 12.2. The second-order valence-corrected chi connectivity index (χ2v) is 5.19. The SMILES string of the molecule is CNNC(=O)Nc1ccc(-n2cnc3cc(OC)c(OC)cc32)cc1. The highest BCUT2D eigenvalue weighted by Gasteiger charge is 2.11. The molecule has 0 unspecified atom stereocenters. The van der Waals surface area contributed by atoms with Gasteiger partial charge in [-0.15, -0.1) is 0 Å². The largest absolute Gasteiger partial charge is 0.493 e. The van der Waals surface area contributed by atoms with Gasteiger partial charge in [-0.25, -0.2) is 15.2 Å². The summed E-state index contributed by atoms with van der Waals surface area (Å²) in [4.78, 5) is 15.9. The summed E-state index contributed by atoms with van der Waals surface area (Å²) in [7, 11) is 4.81. The molecule has 3 N–H and O–H groups in total. The van der Waals surface area contributed by atoms with E-state index in [1.807, 2.05) is 41.0 Å². The predicted octanol–water partition coefficient (Wildman–Crippen LogP) is 2.30. The molecule has 0 radical (unpaired) electrons. The molecule has 8 nitrogen and oxygen atoms in total. The summed E-state index contributed by atoms with van der Waals surface area (Å²) < 4.78 is 12.6. The zero-order valence-electron chi connectivity index (χ0n) is 14.2. The lowest BCUT2D eigenvalue weighted by Gasteiger charge is -2.10. The quantitative estimate of drug-likeness (QED) is 0.620. The third-order valence-electron chi connectivity index (χ3n) is 3.69. The Balaban J connectivity index is 1.92. The number of benzene rings is 2. The molecule has 1 aromatic heterocycles. The van der Waals surface area contributed by atoms with Crippen LogP contribution in [0.15, 0.2) is 42.7 Å². The van der Waals surface area contributed by atoms with E-state index in [0.29, 0.717) is 17.2 Å². The van der Waals surface area contributed by atoms with Gasteiger partial charge in [-0.1, -0.05) is 0 Å². The predicted molar refractivity (Wildman–Crippen MR) is 95.4 cm³/mol. The van der Waals surface area contributed by atoms with Crippen molar-refractivity contribution in [3.05, 3.63) is 42.7 Å². The molecule has 3 aromatic rings. The summed E-state index contributed by atoms with van der Waals surface area (Å²) >= 11 is 0. The lowest BCUT2D eigenvalue weighted by molar-refractivity contribution is 0.249. The molecule has 0 aliphatic rings. The molecule has 0 aliphatic heterocycles. The Morgan fingerprint density at radius 3 is 2.40 bits per heavy atom. The number of hydrazine groups is 1. The minimum Gasteiger partial charge on any atom is -0.493 e. The van der Waals surface area contributed by atoms with Crippen molar-refractivity contribution < 1.29 is 14.3 Å². The molecule has 0 spiro atoms. The Kier molecular flexibility index (Phi) is 4.71. The number of carbonyl (C=O) groups excluding carboxylic acids is 1. The average molecular weight is 341 g/mol. The minimum atomic E-state index is -0.333. The standard InChI is InChI=1S/C17H19N5O3/c1-18-21-17(23)20-11-4-6-12(7-5-11)22-10-19-13-8-15(24-2)16(25-3)9-14(13)22/h4-10,18H,1-3H3,(H2,20,21,23). The van der Waals surface area contributed by atoms with Crippen LogP contribution in [0.25, 0.3) is 16.7 Å². The maximum Gasteiger partial charge on any atom is 0.333 e. The van der Waals surface area contributed by atoms with E-state index in [0.717, 1.165) is 16.7 Å². The highest BCUT2D eigenvalue weighted by Crippen LogP contribution is 2.32. The van der Waals surface area contributed by atoms with Crippen LogP contribution < -0.4 is 25.6 Å². The first-order valence-electron chi connectivity index (χ1n) is 7.59. The molecule has 0 bridgehead atoms. The molecule has 0 fully saturated rings. The van der Waals surface area contributed by atoms with Crippen LogP contribution in [0.3, 0.4) is 0 Å². The number of hydrogen-bond acceptors (Lipinski definition) is 5. The molecule has 130 valence electrons. The van der Waals surface area contributed by atoms with Gasteiger partial charge in [0.1, 0.15) is 6.33 Å². The highest BCUT2D eigenvalue weighted by atomic mass is 16.5. The molecule has 25 heavy (non-hydrogen) atoms. The van der Waals surface area contributed by atoms with Crippen molar-refractivity contribution in [2.75, 3.05) is 26.6 Å². The number of carbonyl (C=O) groups is 1. The smallest absolute Gasteiger partial charge is 0.333 e. The van der Waals surface area contributed by atoms with Gasteiger partial charge < -0.3 is 14.8 Å². The van der Waals surface area contributed by atoms with Crippen LogP contribution in [-0.4, -0.2) is 36.8 Å². The molecule has 0 atom stereocenters. The van der Waals surface area contributed by atoms with Gasteiger partial charge in [0.2, 0.25) is 0 Å². The van der Waals surface area contributed by atoms with Gasteiger partial charge in [0, 0.05) is 30.6 Å². The lowest BCUT2D eigenvalue weighted by Crippen LogP contribution is -2.37. The van der Waals surface area contributed by atoms with Crippen LogP contribution in [0.5, 0.6) is 11.5 Å². The van der Waals surface area contributed by atoms with Crippen LogP contribution in [0.2, 0.25) is 0 Å². The van der Waals surface area contributed by atoms with Crippen molar-refractivity contribution in [1.29, 1.82) is 0 Å². The summed E-state index contributed by atoms with van der Waals surface area (Å²) in [6.45, 7) is 0. The zero-order chi connectivity index (χ0) is 17.8. The molecule has 8 heteroatoms. The third-order valence-corrected chi connectivity index (χ3v) is 3.69. The molecule has 1 heterocycles. The molecular weight excluding hydrogens is 322 g/mol. The number of hydrogen-bond donors (Lipinski definition) is 3. The van der Waals surface area contributed by atoms with E-state index in [4.69, 9.17) is 9.47 Å². The number of rotatable bonds is 5. The number of anilines is 1. The Morgan fingerprint density at radius 1 is 1.08 bits per heavy atom. The van der Waals surface area contributed by atoms with Gasteiger partial charge in [-0.2, -0.15) is 0 Å². The van der Waals surface area contributed by atoms with Crippen molar-refractivity contribution in [2.45, 2.75) is 0 Å². The Bertz CT molecular complexity index is 889. The van der Waals surface area contributed by atoms with Crippen molar-refractivity contribution in [1.82, 2.24) is 20.4 Å². The number of imidazole rings is 1. The number of fused-ring (bicyclic) bond motifs is 1. The molecule has 0 saturated heterocycles. The summed E-state index contributed by atoms with van der Waals surface area (Å²) in [6, 6.07) is 10.8. The van der Waals surface area contributed by atoms with E-state index in [1.54, 1.807) is 27.6 Å². The number of nitrogens with one attached hydrogen (secondary N) is 3. The van der Waals surface area contributed by atoms with E-state index >= 15 is 0 Å². The number of nitrogens with zero attached hydrogens (tertiary/aromatic N) is 2. The first kappa shape index (κ1) is 16.6. The zero-order valence-corrected chi connectivity index (χ0v) is 14.2. The van der Waals surface area contributed by atoms with Gasteiger partial charge in [0.05, 0.1) is 25.3 Å².